The molecule has 2 rings (SSSR count). The number of nitrogens with one attached hydrogen (secondary N) is 1. The Balaban J connectivity index is 1.63. The molecule has 2 fully saturated rings. The number of rotatable bonds is 5. The zero-order valence-corrected chi connectivity index (χ0v) is 11.4. The fourth-order valence-electron chi connectivity index (χ4n) is 2.17. The number of thioether (sulfide) groups is 1. The van der Waals surface area contributed by atoms with Gasteiger partial charge in [-0.15, -0.1) is 0 Å². The lowest BCUT2D eigenvalue weighted by Gasteiger charge is -2.22. The average molecular weight is 259 g/mol. The summed E-state index contributed by atoms with van der Waals surface area (Å²) >= 11 is 6.34. The van der Waals surface area contributed by atoms with E-state index in [1.54, 1.807) is 0 Å². The zero-order valence-electron chi connectivity index (χ0n) is 9.71. The summed E-state index contributed by atoms with van der Waals surface area (Å²) in [6.07, 6.45) is 6.99. The molecule has 2 aliphatic rings. The molecule has 1 saturated carbocycles. The highest BCUT2D eigenvalue weighted by molar-refractivity contribution is 7.99. The van der Waals surface area contributed by atoms with Crippen LogP contribution in [0.4, 0.5) is 0 Å². The molecule has 0 spiro atoms. The normalized spacial score (nSPS) is 27.4. The topological polar surface area (TPSA) is 29.1 Å². The standard InChI is InChI=1S/C12H21NOS2/c14-11(7-12(9-15)4-5-12)13-8-10-3-1-2-6-16-10/h10,15H,1-9H2,(H,13,14). The van der Waals surface area contributed by atoms with Crippen molar-refractivity contribution >= 4 is 30.3 Å². The molecular weight excluding hydrogens is 238 g/mol. The van der Waals surface area contributed by atoms with E-state index in [1.807, 2.05) is 11.8 Å². The minimum Gasteiger partial charge on any atom is -0.355 e. The van der Waals surface area contributed by atoms with E-state index >= 15 is 0 Å². The second-order valence-corrected chi connectivity index (χ2v) is 6.85. The monoisotopic (exact) mass is 259 g/mol. The minimum absolute atomic E-state index is 0.234. The largest absolute Gasteiger partial charge is 0.355 e. The summed E-state index contributed by atoms with van der Waals surface area (Å²) in [5, 5.41) is 3.75. The second kappa shape index (κ2) is 5.67. The molecule has 1 aliphatic carbocycles. The third-order valence-electron chi connectivity index (χ3n) is 3.63. The van der Waals surface area contributed by atoms with Crippen LogP contribution in [0.25, 0.3) is 0 Å². The van der Waals surface area contributed by atoms with Crippen molar-refractivity contribution in [2.24, 2.45) is 5.41 Å². The zero-order chi connectivity index (χ0) is 11.4. The lowest BCUT2D eigenvalue weighted by Crippen LogP contribution is -2.33. The van der Waals surface area contributed by atoms with Crippen LogP contribution in [-0.2, 0) is 4.79 Å². The summed E-state index contributed by atoms with van der Waals surface area (Å²) in [4.78, 5) is 11.7. The molecule has 1 unspecified atom stereocenters. The van der Waals surface area contributed by atoms with Gasteiger partial charge in [0.1, 0.15) is 0 Å². The molecule has 0 bridgehead atoms. The summed E-state index contributed by atoms with van der Waals surface area (Å²) in [7, 11) is 0. The highest BCUT2D eigenvalue weighted by atomic mass is 32.2. The smallest absolute Gasteiger partial charge is 0.220 e. The molecule has 92 valence electrons. The van der Waals surface area contributed by atoms with Crippen LogP contribution in [0.3, 0.4) is 0 Å². The van der Waals surface area contributed by atoms with E-state index in [2.05, 4.69) is 17.9 Å². The highest BCUT2D eigenvalue weighted by Gasteiger charge is 2.42. The Bertz CT molecular complexity index is 247. The van der Waals surface area contributed by atoms with E-state index in [-0.39, 0.29) is 11.3 Å². The molecule has 16 heavy (non-hydrogen) atoms. The Morgan fingerprint density at radius 1 is 1.44 bits per heavy atom. The summed E-state index contributed by atoms with van der Waals surface area (Å²) < 4.78 is 0. The van der Waals surface area contributed by atoms with Gasteiger partial charge in [-0.05, 0) is 42.6 Å². The second-order valence-electron chi connectivity index (χ2n) is 5.13. The van der Waals surface area contributed by atoms with E-state index < -0.39 is 0 Å². The van der Waals surface area contributed by atoms with E-state index in [9.17, 15) is 4.79 Å². The van der Waals surface area contributed by atoms with Gasteiger partial charge in [0.2, 0.25) is 5.91 Å². The van der Waals surface area contributed by atoms with Crippen LogP contribution in [0.15, 0.2) is 0 Å². The Hall–Kier alpha value is 0.170. The van der Waals surface area contributed by atoms with E-state index in [0.29, 0.717) is 11.7 Å². The van der Waals surface area contributed by atoms with Crippen molar-refractivity contribution in [2.75, 3.05) is 18.1 Å². The number of hydrogen-bond donors (Lipinski definition) is 2. The van der Waals surface area contributed by atoms with Gasteiger partial charge in [-0.25, -0.2) is 0 Å². The quantitative estimate of drug-likeness (QED) is 0.743. The van der Waals surface area contributed by atoms with Crippen LogP contribution >= 0.6 is 24.4 Å². The Kier molecular flexibility index (Phi) is 4.48. The first-order chi connectivity index (χ1) is 7.74. The summed E-state index contributed by atoms with van der Waals surface area (Å²) in [6, 6.07) is 0. The molecule has 4 heteroatoms. The predicted molar refractivity (Wildman–Crippen MR) is 73.2 cm³/mol. The third kappa shape index (κ3) is 3.59. The SMILES string of the molecule is O=C(CC1(CS)CC1)NCC1CCCCS1. The molecule has 1 aliphatic heterocycles. The van der Waals surface area contributed by atoms with E-state index in [0.717, 1.165) is 12.3 Å². The average Bonchev–Trinajstić information content (AvgIpc) is 3.08. The van der Waals surface area contributed by atoms with Crippen molar-refractivity contribution in [3.63, 3.8) is 0 Å². The summed E-state index contributed by atoms with van der Waals surface area (Å²) in [6.45, 7) is 0.867. The van der Waals surface area contributed by atoms with Gasteiger partial charge >= 0.3 is 0 Å². The van der Waals surface area contributed by atoms with Crippen LogP contribution in [0.5, 0.6) is 0 Å². The predicted octanol–water partition coefficient (Wildman–Crippen LogP) is 2.49. The number of hydrogen-bond acceptors (Lipinski definition) is 3. The molecule has 0 aromatic heterocycles. The van der Waals surface area contributed by atoms with Gasteiger partial charge in [0, 0.05) is 18.2 Å². The van der Waals surface area contributed by atoms with Gasteiger partial charge in [-0.2, -0.15) is 24.4 Å². The Morgan fingerprint density at radius 3 is 2.81 bits per heavy atom. The third-order valence-corrected chi connectivity index (χ3v) is 5.70. The van der Waals surface area contributed by atoms with Gasteiger partial charge < -0.3 is 5.32 Å². The number of amides is 1. The summed E-state index contributed by atoms with van der Waals surface area (Å²) in [5.74, 6) is 2.36. The van der Waals surface area contributed by atoms with Crippen molar-refractivity contribution in [3.05, 3.63) is 0 Å². The maximum Gasteiger partial charge on any atom is 0.220 e. The van der Waals surface area contributed by atoms with Gasteiger partial charge in [0.25, 0.3) is 0 Å². The Morgan fingerprint density at radius 2 is 2.25 bits per heavy atom. The molecule has 1 amide bonds. The van der Waals surface area contributed by atoms with Crippen molar-refractivity contribution in [2.45, 2.75) is 43.8 Å². The maximum atomic E-state index is 11.7. The molecular formula is C12H21NOS2. The molecule has 1 N–H and O–H groups in total. The Labute approximate surface area is 108 Å². The number of carbonyl (C=O) groups is 1. The lowest BCUT2D eigenvalue weighted by molar-refractivity contribution is -0.122. The van der Waals surface area contributed by atoms with Crippen molar-refractivity contribution in [1.82, 2.24) is 5.32 Å². The van der Waals surface area contributed by atoms with Gasteiger partial charge in [0.15, 0.2) is 0 Å². The molecule has 0 radical (unpaired) electrons. The van der Waals surface area contributed by atoms with Crippen LogP contribution in [0, 0.1) is 5.41 Å². The van der Waals surface area contributed by atoms with Crippen LogP contribution in [-0.4, -0.2) is 29.2 Å². The number of carbonyl (C=O) groups excluding carboxylic acids is 1. The van der Waals surface area contributed by atoms with E-state index in [4.69, 9.17) is 0 Å². The summed E-state index contributed by atoms with van der Waals surface area (Å²) in [5.41, 5.74) is 0.257. The van der Waals surface area contributed by atoms with Crippen LogP contribution in [0.1, 0.15) is 38.5 Å². The first kappa shape index (κ1) is 12.6. The first-order valence-electron chi connectivity index (χ1n) is 6.23. The van der Waals surface area contributed by atoms with Gasteiger partial charge in [-0.1, -0.05) is 6.42 Å². The van der Waals surface area contributed by atoms with Crippen LogP contribution in [0.2, 0.25) is 0 Å². The minimum atomic E-state index is 0.234. The van der Waals surface area contributed by atoms with Gasteiger partial charge in [0.05, 0.1) is 0 Å². The maximum absolute atomic E-state index is 11.7. The lowest BCUT2D eigenvalue weighted by atomic mass is 10.1. The molecule has 1 heterocycles. The molecule has 1 atom stereocenters. The van der Waals surface area contributed by atoms with Gasteiger partial charge in [-0.3, -0.25) is 4.79 Å². The van der Waals surface area contributed by atoms with Crippen LogP contribution < -0.4 is 5.32 Å². The highest BCUT2D eigenvalue weighted by Crippen LogP contribution is 2.49. The fraction of sp³-hybridized carbons (Fsp3) is 0.917. The fourth-order valence-corrected chi connectivity index (χ4v) is 3.83. The molecule has 0 aromatic rings. The molecule has 0 aromatic carbocycles. The molecule has 1 saturated heterocycles. The van der Waals surface area contributed by atoms with Crippen molar-refractivity contribution in [1.29, 1.82) is 0 Å². The molecule has 2 nitrogen and oxygen atoms in total. The van der Waals surface area contributed by atoms with E-state index in [1.165, 1.54) is 37.9 Å². The first-order valence-corrected chi connectivity index (χ1v) is 7.91. The number of thiol groups is 1. The van der Waals surface area contributed by atoms with Crippen molar-refractivity contribution in [3.8, 4) is 0 Å². The van der Waals surface area contributed by atoms with Crippen molar-refractivity contribution < 1.29 is 4.79 Å².